The van der Waals surface area contributed by atoms with Gasteiger partial charge in [-0.25, -0.2) is 0 Å². The normalized spacial score (nSPS) is 20.6. The second kappa shape index (κ2) is 8.00. The van der Waals surface area contributed by atoms with Crippen molar-refractivity contribution in [2.75, 3.05) is 32.9 Å². The molecule has 2 rings (SSSR count). The highest BCUT2D eigenvalue weighted by Crippen LogP contribution is 2.23. The van der Waals surface area contributed by atoms with Crippen LogP contribution >= 0.6 is 15.9 Å². The zero-order valence-corrected chi connectivity index (χ0v) is 13.0. The average molecular weight is 328 g/mol. The Morgan fingerprint density at radius 3 is 3.11 bits per heavy atom. The van der Waals surface area contributed by atoms with E-state index in [0.29, 0.717) is 5.92 Å². The van der Waals surface area contributed by atoms with E-state index in [9.17, 15) is 0 Å². The molecule has 106 valence electrons. The summed E-state index contributed by atoms with van der Waals surface area (Å²) in [6.07, 6.45) is 1.23. The molecule has 19 heavy (non-hydrogen) atoms. The Labute approximate surface area is 123 Å². The first kappa shape index (κ1) is 15.0. The Kier molecular flexibility index (Phi) is 6.31. The molecule has 1 fully saturated rings. The molecule has 1 aromatic carbocycles. The number of likely N-dealkylation sites (N-methyl/N-ethyl adjacent to an activating group) is 1. The van der Waals surface area contributed by atoms with Crippen LogP contribution in [0.3, 0.4) is 0 Å². The van der Waals surface area contributed by atoms with Gasteiger partial charge in [0.05, 0.1) is 19.3 Å². The van der Waals surface area contributed by atoms with E-state index in [-0.39, 0.29) is 6.10 Å². The van der Waals surface area contributed by atoms with Crippen LogP contribution in [0, 0.1) is 5.92 Å². The van der Waals surface area contributed by atoms with Crippen molar-refractivity contribution in [1.82, 2.24) is 5.32 Å². The lowest BCUT2D eigenvalue weighted by Crippen LogP contribution is -2.25. The lowest BCUT2D eigenvalue weighted by molar-refractivity contribution is 0.0256. The van der Waals surface area contributed by atoms with Crippen molar-refractivity contribution in [2.45, 2.75) is 19.4 Å². The van der Waals surface area contributed by atoms with E-state index in [2.05, 4.69) is 46.4 Å². The molecule has 1 aliphatic rings. The zero-order valence-electron chi connectivity index (χ0n) is 11.4. The number of rotatable bonds is 7. The van der Waals surface area contributed by atoms with Gasteiger partial charge in [0, 0.05) is 23.5 Å². The molecule has 2 unspecified atom stereocenters. The Bertz CT molecular complexity index is 380. The van der Waals surface area contributed by atoms with Crippen LogP contribution in [0.25, 0.3) is 0 Å². The molecule has 0 saturated carbocycles. The fourth-order valence-electron chi connectivity index (χ4n) is 2.22. The molecule has 1 N–H and O–H groups in total. The molecule has 4 heteroatoms. The van der Waals surface area contributed by atoms with Gasteiger partial charge in [-0.15, -0.1) is 0 Å². The minimum atomic E-state index is 0.109. The standard InChI is InChI=1S/C15H22BrNO2/c1-2-17-9-15(13-4-3-5-14(16)8-13)19-11-12-6-7-18-10-12/h3-5,8,12,15,17H,2,6-7,9-11H2,1H3. The maximum atomic E-state index is 6.11. The summed E-state index contributed by atoms with van der Waals surface area (Å²) < 4.78 is 12.6. The monoisotopic (exact) mass is 327 g/mol. The molecular weight excluding hydrogens is 306 g/mol. The zero-order chi connectivity index (χ0) is 13.5. The third-order valence-corrected chi connectivity index (χ3v) is 3.85. The predicted molar refractivity (Wildman–Crippen MR) is 80.3 cm³/mol. The molecular formula is C15H22BrNO2. The van der Waals surface area contributed by atoms with E-state index in [4.69, 9.17) is 9.47 Å². The molecule has 0 amide bonds. The van der Waals surface area contributed by atoms with Gasteiger partial charge in [-0.2, -0.15) is 0 Å². The van der Waals surface area contributed by atoms with Crippen LogP contribution < -0.4 is 5.32 Å². The van der Waals surface area contributed by atoms with Crippen molar-refractivity contribution in [3.8, 4) is 0 Å². The van der Waals surface area contributed by atoms with Crippen LogP contribution in [-0.2, 0) is 9.47 Å². The fraction of sp³-hybridized carbons (Fsp3) is 0.600. The highest BCUT2D eigenvalue weighted by molar-refractivity contribution is 9.10. The molecule has 1 saturated heterocycles. The highest BCUT2D eigenvalue weighted by atomic mass is 79.9. The summed E-state index contributed by atoms with van der Waals surface area (Å²) in [6.45, 7) is 6.42. The lowest BCUT2D eigenvalue weighted by Gasteiger charge is -2.20. The smallest absolute Gasteiger partial charge is 0.0949 e. The third-order valence-electron chi connectivity index (χ3n) is 3.36. The molecule has 0 radical (unpaired) electrons. The molecule has 1 heterocycles. The minimum Gasteiger partial charge on any atom is -0.381 e. The van der Waals surface area contributed by atoms with Crippen molar-refractivity contribution in [3.63, 3.8) is 0 Å². The Morgan fingerprint density at radius 1 is 1.53 bits per heavy atom. The highest BCUT2D eigenvalue weighted by Gasteiger charge is 2.19. The minimum absolute atomic E-state index is 0.109. The maximum absolute atomic E-state index is 6.11. The van der Waals surface area contributed by atoms with Gasteiger partial charge in [0.25, 0.3) is 0 Å². The van der Waals surface area contributed by atoms with Gasteiger partial charge < -0.3 is 14.8 Å². The fourth-order valence-corrected chi connectivity index (χ4v) is 2.64. The third kappa shape index (κ3) is 4.88. The topological polar surface area (TPSA) is 30.5 Å². The summed E-state index contributed by atoms with van der Waals surface area (Å²) in [5.74, 6) is 0.552. The van der Waals surface area contributed by atoms with Crippen LogP contribution in [0.2, 0.25) is 0 Å². The molecule has 1 aromatic rings. The van der Waals surface area contributed by atoms with E-state index >= 15 is 0 Å². The summed E-state index contributed by atoms with van der Waals surface area (Å²) in [7, 11) is 0. The molecule has 0 aliphatic carbocycles. The largest absolute Gasteiger partial charge is 0.381 e. The Hall–Kier alpha value is -0.420. The number of benzene rings is 1. The van der Waals surface area contributed by atoms with Gasteiger partial charge in [0.1, 0.15) is 0 Å². The van der Waals surface area contributed by atoms with Crippen molar-refractivity contribution in [2.24, 2.45) is 5.92 Å². The van der Waals surface area contributed by atoms with Crippen LogP contribution in [0.5, 0.6) is 0 Å². The van der Waals surface area contributed by atoms with Gasteiger partial charge in [-0.3, -0.25) is 0 Å². The SMILES string of the molecule is CCNCC(OCC1CCOC1)c1cccc(Br)c1. The van der Waals surface area contributed by atoms with Crippen molar-refractivity contribution in [1.29, 1.82) is 0 Å². The summed E-state index contributed by atoms with van der Waals surface area (Å²) in [5.41, 5.74) is 1.22. The van der Waals surface area contributed by atoms with Gasteiger partial charge in [-0.1, -0.05) is 35.0 Å². The second-order valence-electron chi connectivity index (χ2n) is 4.91. The van der Waals surface area contributed by atoms with Crippen LogP contribution in [-0.4, -0.2) is 32.9 Å². The number of ether oxygens (including phenoxy) is 2. The number of hydrogen-bond acceptors (Lipinski definition) is 3. The number of nitrogens with one attached hydrogen (secondary N) is 1. The molecule has 0 spiro atoms. The first-order valence-electron chi connectivity index (χ1n) is 6.95. The van der Waals surface area contributed by atoms with Gasteiger partial charge in [0.15, 0.2) is 0 Å². The van der Waals surface area contributed by atoms with Crippen molar-refractivity contribution in [3.05, 3.63) is 34.3 Å². The first-order chi connectivity index (χ1) is 9.29. The van der Waals surface area contributed by atoms with E-state index in [1.165, 1.54) is 5.56 Å². The first-order valence-corrected chi connectivity index (χ1v) is 7.74. The maximum Gasteiger partial charge on any atom is 0.0949 e. The lowest BCUT2D eigenvalue weighted by atomic mass is 10.1. The second-order valence-corrected chi connectivity index (χ2v) is 5.83. The van der Waals surface area contributed by atoms with Crippen molar-refractivity contribution < 1.29 is 9.47 Å². The molecule has 1 aliphatic heterocycles. The quantitative estimate of drug-likeness (QED) is 0.834. The van der Waals surface area contributed by atoms with Crippen LogP contribution in [0.1, 0.15) is 25.0 Å². The van der Waals surface area contributed by atoms with E-state index in [0.717, 1.165) is 43.8 Å². The Morgan fingerprint density at radius 2 is 2.42 bits per heavy atom. The van der Waals surface area contributed by atoms with E-state index < -0.39 is 0 Å². The van der Waals surface area contributed by atoms with Gasteiger partial charge >= 0.3 is 0 Å². The molecule has 2 atom stereocenters. The summed E-state index contributed by atoms with van der Waals surface area (Å²) in [5, 5.41) is 3.37. The summed E-state index contributed by atoms with van der Waals surface area (Å²) in [4.78, 5) is 0. The summed E-state index contributed by atoms with van der Waals surface area (Å²) >= 11 is 3.52. The van der Waals surface area contributed by atoms with E-state index in [1.54, 1.807) is 0 Å². The van der Waals surface area contributed by atoms with E-state index in [1.807, 2.05) is 6.07 Å². The van der Waals surface area contributed by atoms with Crippen LogP contribution in [0.15, 0.2) is 28.7 Å². The molecule has 0 aromatic heterocycles. The predicted octanol–water partition coefficient (Wildman–Crippen LogP) is 3.15. The molecule has 3 nitrogen and oxygen atoms in total. The molecule has 0 bridgehead atoms. The number of halogens is 1. The summed E-state index contributed by atoms with van der Waals surface area (Å²) in [6, 6.07) is 8.35. The van der Waals surface area contributed by atoms with Crippen molar-refractivity contribution >= 4 is 15.9 Å². The number of hydrogen-bond donors (Lipinski definition) is 1. The average Bonchev–Trinajstić information content (AvgIpc) is 2.92. The van der Waals surface area contributed by atoms with Gasteiger partial charge in [-0.05, 0) is 30.7 Å². The van der Waals surface area contributed by atoms with Crippen LogP contribution in [0.4, 0.5) is 0 Å². The van der Waals surface area contributed by atoms with Gasteiger partial charge in [0.2, 0.25) is 0 Å². The Balaban J connectivity index is 1.94.